The first-order chi connectivity index (χ1) is 10.5. The van der Waals surface area contributed by atoms with Gasteiger partial charge < -0.3 is 0 Å². The Balaban J connectivity index is 1.71. The van der Waals surface area contributed by atoms with Crippen molar-refractivity contribution in [2.24, 2.45) is 40.4 Å². The summed E-state index contributed by atoms with van der Waals surface area (Å²) in [6, 6.07) is 2.52. The summed E-state index contributed by atoms with van der Waals surface area (Å²) < 4.78 is 0. The normalized spacial score (nSPS) is 54.0. The summed E-state index contributed by atoms with van der Waals surface area (Å²) in [7, 11) is 0. The molecule has 2 heteroatoms. The first kappa shape index (κ1) is 14.7. The molecule has 4 saturated carbocycles. The Morgan fingerprint density at radius 2 is 1.91 bits per heavy atom. The third-order valence-electron chi connectivity index (χ3n) is 8.48. The Kier molecular flexibility index (Phi) is 3.23. The second-order valence-electron chi connectivity index (χ2n) is 9.14. The SMILES string of the molecule is C[C@]12CCCC[C@@H]1CC[C@H]1[C@@H]3[C@@H](C#N)CC(=O)[C@@]3(C)CC[C@@H]12. The van der Waals surface area contributed by atoms with Crippen molar-refractivity contribution in [2.75, 3.05) is 0 Å². The number of nitriles is 1. The zero-order valence-corrected chi connectivity index (χ0v) is 14.1. The molecule has 0 heterocycles. The highest BCUT2D eigenvalue weighted by molar-refractivity contribution is 5.88. The van der Waals surface area contributed by atoms with Crippen molar-refractivity contribution < 1.29 is 4.79 Å². The largest absolute Gasteiger partial charge is 0.299 e. The van der Waals surface area contributed by atoms with Gasteiger partial charge in [-0.05, 0) is 67.6 Å². The van der Waals surface area contributed by atoms with E-state index < -0.39 is 0 Å². The number of hydrogen-bond donors (Lipinski definition) is 0. The molecule has 0 unspecified atom stereocenters. The number of rotatable bonds is 0. The number of nitrogens with zero attached hydrogens (tertiary/aromatic N) is 1. The monoisotopic (exact) mass is 299 g/mol. The smallest absolute Gasteiger partial charge is 0.140 e. The molecular formula is C20H29NO. The molecular weight excluding hydrogens is 270 g/mol. The molecule has 0 bridgehead atoms. The maximum atomic E-state index is 12.6. The van der Waals surface area contributed by atoms with Gasteiger partial charge in [-0.15, -0.1) is 0 Å². The summed E-state index contributed by atoms with van der Waals surface area (Å²) in [4.78, 5) is 12.6. The van der Waals surface area contributed by atoms with E-state index in [9.17, 15) is 10.1 Å². The van der Waals surface area contributed by atoms with Crippen molar-refractivity contribution in [3.63, 3.8) is 0 Å². The molecule has 120 valence electrons. The highest BCUT2D eigenvalue weighted by atomic mass is 16.1. The standard InChI is InChI=1S/C20H29NO/c1-19-9-4-3-5-14(19)6-7-15-16(19)8-10-20(2)17(22)11-13(12-21)18(15)20/h13-16,18H,3-11H2,1-2H3/t13-,14-,15-,16+,18+,19+,20-/m1/s1. The van der Waals surface area contributed by atoms with Crippen LogP contribution in [-0.4, -0.2) is 5.78 Å². The number of fused-ring (bicyclic) bond motifs is 5. The van der Waals surface area contributed by atoms with Crippen LogP contribution in [0.15, 0.2) is 0 Å². The van der Waals surface area contributed by atoms with Crippen LogP contribution in [0, 0.1) is 51.8 Å². The molecule has 0 aromatic carbocycles. The van der Waals surface area contributed by atoms with Crippen LogP contribution in [0.2, 0.25) is 0 Å². The Bertz CT molecular complexity index is 534. The van der Waals surface area contributed by atoms with Gasteiger partial charge in [-0.1, -0.05) is 26.7 Å². The second-order valence-corrected chi connectivity index (χ2v) is 9.14. The molecule has 0 aromatic rings. The topological polar surface area (TPSA) is 40.9 Å². The zero-order valence-electron chi connectivity index (χ0n) is 14.1. The van der Waals surface area contributed by atoms with E-state index >= 15 is 0 Å². The van der Waals surface area contributed by atoms with E-state index in [0.717, 1.165) is 18.3 Å². The van der Waals surface area contributed by atoms with Gasteiger partial charge in [0.1, 0.15) is 5.78 Å². The van der Waals surface area contributed by atoms with Gasteiger partial charge in [0.15, 0.2) is 0 Å². The van der Waals surface area contributed by atoms with Crippen LogP contribution in [-0.2, 0) is 4.79 Å². The third-order valence-corrected chi connectivity index (χ3v) is 8.48. The molecule has 4 fully saturated rings. The summed E-state index contributed by atoms with van der Waals surface area (Å²) in [5.41, 5.74) is 0.313. The quantitative estimate of drug-likeness (QED) is 0.648. The minimum Gasteiger partial charge on any atom is -0.299 e. The van der Waals surface area contributed by atoms with Crippen molar-refractivity contribution >= 4 is 5.78 Å². The van der Waals surface area contributed by atoms with Crippen LogP contribution in [0.4, 0.5) is 0 Å². The van der Waals surface area contributed by atoms with E-state index in [0.29, 0.717) is 29.5 Å². The summed E-state index contributed by atoms with van der Waals surface area (Å²) in [6.45, 7) is 4.73. The third kappa shape index (κ3) is 1.75. The molecule has 0 spiro atoms. The Labute approximate surface area is 134 Å². The van der Waals surface area contributed by atoms with Crippen LogP contribution >= 0.6 is 0 Å². The van der Waals surface area contributed by atoms with Crippen LogP contribution in [0.3, 0.4) is 0 Å². The Morgan fingerprint density at radius 1 is 1.09 bits per heavy atom. The summed E-state index contributed by atoms with van der Waals surface area (Å²) in [5.74, 6) is 3.04. The van der Waals surface area contributed by atoms with Crippen molar-refractivity contribution in [1.82, 2.24) is 0 Å². The minimum absolute atomic E-state index is 0.00552. The van der Waals surface area contributed by atoms with Crippen LogP contribution in [0.25, 0.3) is 0 Å². The van der Waals surface area contributed by atoms with Gasteiger partial charge >= 0.3 is 0 Å². The number of hydrogen-bond acceptors (Lipinski definition) is 2. The van der Waals surface area contributed by atoms with Gasteiger partial charge in [-0.25, -0.2) is 0 Å². The lowest BCUT2D eigenvalue weighted by atomic mass is 9.45. The molecule has 22 heavy (non-hydrogen) atoms. The van der Waals surface area contributed by atoms with Gasteiger partial charge in [0.05, 0.1) is 12.0 Å². The van der Waals surface area contributed by atoms with Crippen molar-refractivity contribution in [1.29, 1.82) is 5.26 Å². The van der Waals surface area contributed by atoms with Gasteiger partial charge in [0.25, 0.3) is 0 Å². The van der Waals surface area contributed by atoms with Crippen LogP contribution in [0.5, 0.6) is 0 Å². The van der Waals surface area contributed by atoms with E-state index in [1.165, 1.54) is 44.9 Å². The lowest BCUT2D eigenvalue weighted by Crippen LogP contribution is -2.53. The molecule has 4 aliphatic rings. The van der Waals surface area contributed by atoms with Gasteiger partial charge in [-0.3, -0.25) is 4.79 Å². The molecule has 2 nitrogen and oxygen atoms in total. The summed E-state index contributed by atoms with van der Waals surface area (Å²) in [5, 5.41) is 9.62. The van der Waals surface area contributed by atoms with Crippen molar-refractivity contribution in [3.8, 4) is 6.07 Å². The average Bonchev–Trinajstić information content (AvgIpc) is 2.78. The van der Waals surface area contributed by atoms with E-state index in [4.69, 9.17) is 0 Å². The molecule has 0 N–H and O–H groups in total. The highest BCUT2D eigenvalue weighted by Gasteiger charge is 2.62. The van der Waals surface area contributed by atoms with E-state index in [-0.39, 0.29) is 11.3 Å². The highest BCUT2D eigenvalue weighted by Crippen LogP contribution is 2.66. The fraction of sp³-hybridized carbons (Fsp3) is 0.900. The lowest BCUT2D eigenvalue weighted by molar-refractivity contribution is -0.139. The molecule has 4 aliphatic carbocycles. The first-order valence-corrected chi connectivity index (χ1v) is 9.43. The summed E-state index contributed by atoms with van der Waals surface area (Å²) >= 11 is 0. The van der Waals surface area contributed by atoms with Crippen LogP contribution < -0.4 is 0 Å². The Morgan fingerprint density at radius 3 is 2.68 bits per heavy atom. The Hall–Kier alpha value is -0.840. The molecule has 0 aromatic heterocycles. The zero-order chi connectivity index (χ0) is 15.5. The molecule has 7 atom stereocenters. The maximum Gasteiger partial charge on any atom is 0.140 e. The fourth-order valence-electron chi connectivity index (χ4n) is 7.30. The first-order valence-electron chi connectivity index (χ1n) is 9.43. The van der Waals surface area contributed by atoms with E-state index in [1.54, 1.807) is 0 Å². The van der Waals surface area contributed by atoms with Gasteiger partial charge in [0.2, 0.25) is 0 Å². The molecule has 0 radical (unpaired) electrons. The molecule has 0 saturated heterocycles. The second kappa shape index (κ2) is 4.83. The molecule has 0 aliphatic heterocycles. The van der Waals surface area contributed by atoms with E-state index in [1.807, 2.05) is 0 Å². The number of Topliss-reactive ketones (excluding diaryl/α,β-unsaturated/α-hetero) is 1. The molecule has 0 amide bonds. The predicted octanol–water partition coefficient (Wildman–Crippen LogP) is 4.74. The van der Waals surface area contributed by atoms with Crippen molar-refractivity contribution in [3.05, 3.63) is 0 Å². The van der Waals surface area contributed by atoms with E-state index in [2.05, 4.69) is 19.9 Å². The average molecular weight is 299 g/mol. The van der Waals surface area contributed by atoms with Gasteiger partial charge in [0, 0.05) is 11.8 Å². The van der Waals surface area contributed by atoms with Crippen LogP contribution in [0.1, 0.15) is 71.6 Å². The number of carbonyl (C=O) groups excluding carboxylic acids is 1. The molecule has 4 rings (SSSR count). The lowest BCUT2D eigenvalue weighted by Gasteiger charge is -2.59. The predicted molar refractivity (Wildman–Crippen MR) is 85.8 cm³/mol. The minimum atomic E-state index is -0.181. The fourth-order valence-corrected chi connectivity index (χ4v) is 7.30. The summed E-state index contributed by atoms with van der Waals surface area (Å²) in [6.07, 6.45) is 11.0. The maximum absolute atomic E-state index is 12.6. The number of ketones is 1. The number of carbonyl (C=O) groups is 1. The van der Waals surface area contributed by atoms with Crippen molar-refractivity contribution in [2.45, 2.75) is 71.6 Å². The van der Waals surface area contributed by atoms with Gasteiger partial charge in [-0.2, -0.15) is 5.26 Å².